The van der Waals surface area contributed by atoms with Crippen molar-refractivity contribution in [3.63, 3.8) is 0 Å². The highest BCUT2D eigenvalue weighted by Crippen LogP contribution is 2.89. The molecule has 0 aromatic carbocycles. The summed E-state index contributed by atoms with van der Waals surface area (Å²) in [7, 11) is 0. The lowest BCUT2D eigenvalue weighted by atomic mass is 9.41. The number of primary amides is 1. The van der Waals surface area contributed by atoms with Gasteiger partial charge in [-0.15, -0.1) is 0 Å². The summed E-state index contributed by atoms with van der Waals surface area (Å²) in [5.41, 5.74) is 4.28. The Kier molecular flexibility index (Phi) is 8.30. The Morgan fingerprint density at radius 2 is 1.75 bits per heavy atom. The van der Waals surface area contributed by atoms with E-state index in [1.807, 2.05) is 4.90 Å². The van der Waals surface area contributed by atoms with Crippen LogP contribution in [0.15, 0.2) is 0 Å². The number of carbonyl (C=O) groups is 2. The molecule has 48 heavy (non-hydrogen) atoms. The molecule has 2 spiro atoms. The van der Waals surface area contributed by atoms with Gasteiger partial charge >= 0.3 is 5.97 Å². The number of carbonyl (C=O) groups excluding carboxylic acids is 2. The fourth-order valence-electron chi connectivity index (χ4n) is 13.9. The third-order valence-corrected chi connectivity index (χ3v) is 15.9. The van der Waals surface area contributed by atoms with E-state index in [0.717, 1.165) is 32.1 Å². The minimum Gasteiger partial charge on any atom is -0.457 e. The molecule has 7 rings (SSSR count). The van der Waals surface area contributed by atoms with Gasteiger partial charge < -0.3 is 34.9 Å². The molecule has 4 N–H and O–H groups in total. The maximum Gasteiger partial charge on any atom is 0.303 e. The first kappa shape index (κ1) is 35.1. The van der Waals surface area contributed by atoms with Crippen molar-refractivity contribution in [2.24, 2.45) is 56.5 Å². The second-order valence-electron chi connectivity index (χ2n) is 18.9. The van der Waals surface area contributed by atoms with Gasteiger partial charge in [0.25, 0.3) is 0 Å². The summed E-state index contributed by atoms with van der Waals surface area (Å²) in [4.78, 5) is 25.7. The second-order valence-corrected chi connectivity index (χ2v) is 18.9. The molecule has 0 radical (unpaired) electrons. The van der Waals surface area contributed by atoms with Crippen LogP contribution in [0.25, 0.3) is 0 Å². The van der Waals surface area contributed by atoms with Gasteiger partial charge in [-0.1, -0.05) is 34.6 Å². The Labute approximate surface area is 287 Å². The Morgan fingerprint density at radius 3 is 2.42 bits per heavy atom. The van der Waals surface area contributed by atoms with Crippen molar-refractivity contribution in [3.05, 3.63) is 0 Å². The average Bonchev–Trinajstić information content (AvgIpc) is 3.61. The highest BCUT2D eigenvalue weighted by atomic mass is 16.7. The first-order valence-corrected chi connectivity index (χ1v) is 18.8. The van der Waals surface area contributed by atoms with Gasteiger partial charge in [0.1, 0.15) is 0 Å². The molecule has 14 atom stereocenters. The van der Waals surface area contributed by atoms with E-state index in [9.17, 15) is 19.8 Å². The standard InChI is InChI=1S/C38H62N2O8/c1-21-17-23(32(34(5,6)44)46-22(2)41)47-30-29(21)35(7)13-14-38-20-37(38)12-11-26(48-28-19-40(15-16-45-28)18-27(39)42)33(3,4)24(37)9-10-25(38)36(35,8)31(30)43/h21,23-26,28-32,43-44H,9-20H2,1-8H3,(H2,39,42)/t21-,23-,24+,25+,26+,28+,29+,30+,31+,32+,35-,36-,37-,38+/m1/s1. The lowest BCUT2D eigenvalue weighted by Gasteiger charge is -2.64. The van der Waals surface area contributed by atoms with E-state index < -0.39 is 29.9 Å². The van der Waals surface area contributed by atoms with Crippen LogP contribution < -0.4 is 5.73 Å². The second kappa shape index (κ2) is 11.3. The van der Waals surface area contributed by atoms with Gasteiger partial charge in [-0.2, -0.15) is 0 Å². The number of nitrogens with zero attached hydrogens (tertiary/aromatic N) is 1. The van der Waals surface area contributed by atoms with Gasteiger partial charge in [0.05, 0.1) is 49.7 Å². The van der Waals surface area contributed by atoms with Crippen LogP contribution in [-0.2, 0) is 28.5 Å². The lowest BCUT2D eigenvalue weighted by Crippen LogP contribution is -2.60. The molecule has 1 amide bonds. The Morgan fingerprint density at radius 1 is 1.06 bits per heavy atom. The molecule has 5 saturated carbocycles. The van der Waals surface area contributed by atoms with Crippen molar-refractivity contribution < 1.29 is 38.7 Å². The molecule has 272 valence electrons. The molecule has 0 aromatic heterocycles. The van der Waals surface area contributed by atoms with Crippen molar-refractivity contribution in [2.45, 2.75) is 149 Å². The molecule has 0 aromatic rings. The lowest BCUT2D eigenvalue weighted by molar-refractivity contribution is -0.248. The van der Waals surface area contributed by atoms with Crippen LogP contribution in [0.1, 0.15) is 107 Å². The summed E-state index contributed by atoms with van der Waals surface area (Å²) < 4.78 is 25.3. The number of hydrogen-bond acceptors (Lipinski definition) is 9. The molecule has 0 unspecified atom stereocenters. The molecule has 7 fully saturated rings. The normalized spacial score (nSPS) is 50.2. The third kappa shape index (κ3) is 4.85. The first-order chi connectivity index (χ1) is 22.3. The molecule has 7 aliphatic rings. The maximum absolute atomic E-state index is 12.6. The monoisotopic (exact) mass is 674 g/mol. The zero-order chi connectivity index (χ0) is 34.8. The molecular weight excluding hydrogens is 612 g/mol. The maximum atomic E-state index is 12.6. The number of rotatable bonds is 7. The van der Waals surface area contributed by atoms with Crippen LogP contribution >= 0.6 is 0 Å². The number of aliphatic hydroxyl groups excluding tert-OH is 1. The van der Waals surface area contributed by atoms with E-state index in [0.29, 0.717) is 38.0 Å². The van der Waals surface area contributed by atoms with Crippen molar-refractivity contribution in [1.29, 1.82) is 0 Å². The largest absolute Gasteiger partial charge is 0.457 e. The zero-order valence-electron chi connectivity index (χ0n) is 30.6. The Hall–Kier alpha value is -1.30. The predicted molar refractivity (Wildman–Crippen MR) is 178 cm³/mol. The van der Waals surface area contributed by atoms with Crippen LogP contribution in [0.3, 0.4) is 0 Å². The van der Waals surface area contributed by atoms with Crippen molar-refractivity contribution in [2.75, 3.05) is 26.2 Å². The number of nitrogens with two attached hydrogens (primary N) is 1. The quantitative estimate of drug-likeness (QED) is 0.342. The summed E-state index contributed by atoms with van der Waals surface area (Å²) in [5.74, 6) is 0.638. The fourth-order valence-corrected chi connectivity index (χ4v) is 13.9. The van der Waals surface area contributed by atoms with Crippen LogP contribution in [0.5, 0.6) is 0 Å². The van der Waals surface area contributed by atoms with E-state index in [-0.39, 0.29) is 69.9 Å². The van der Waals surface area contributed by atoms with Gasteiger partial charge in [0, 0.05) is 18.9 Å². The number of morpholine rings is 1. The zero-order valence-corrected chi connectivity index (χ0v) is 30.6. The molecule has 10 nitrogen and oxygen atoms in total. The summed E-state index contributed by atoms with van der Waals surface area (Å²) in [6.07, 6.45) is 6.00. The third-order valence-electron chi connectivity index (χ3n) is 15.9. The smallest absolute Gasteiger partial charge is 0.303 e. The van der Waals surface area contributed by atoms with Crippen molar-refractivity contribution >= 4 is 11.9 Å². The number of hydrogen-bond donors (Lipinski definition) is 3. The summed E-state index contributed by atoms with van der Waals surface area (Å²) in [5, 5.41) is 23.6. The molecule has 0 bridgehead atoms. The van der Waals surface area contributed by atoms with Crippen LogP contribution in [-0.4, -0.2) is 95.6 Å². The Bertz CT molecular complexity index is 1300. The number of aliphatic hydroxyl groups is 2. The van der Waals surface area contributed by atoms with E-state index in [1.54, 1.807) is 13.8 Å². The van der Waals surface area contributed by atoms with Gasteiger partial charge in [-0.25, -0.2) is 0 Å². The van der Waals surface area contributed by atoms with Gasteiger partial charge in [-0.05, 0) is 111 Å². The molecule has 2 saturated heterocycles. The predicted octanol–water partition coefficient (Wildman–Crippen LogP) is 4.03. The van der Waals surface area contributed by atoms with E-state index >= 15 is 0 Å². The molecular formula is C38H62N2O8. The minimum absolute atomic E-state index is 0.0281. The molecule has 10 heteroatoms. The van der Waals surface area contributed by atoms with E-state index in [4.69, 9.17) is 24.7 Å². The van der Waals surface area contributed by atoms with E-state index in [2.05, 4.69) is 34.6 Å². The number of amides is 1. The Balaban J connectivity index is 1.12. The molecule has 2 heterocycles. The van der Waals surface area contributed by atoms with Crippen molar-refractivity contribution in [3.8, 4) is 0 Å². The molecule has 2 aliphatic heterocycles. The topological polar surface area (TPSA) is 141 Å². The summed E-state index contributed by atoms with van der Waals surface area (Å²) in [6.45, 7) is 18.7. The number of ether oxygens (including phenoxy) is 4. The fraction of sp³-hybridized carbons (Fsp3) is 0.947. The average molecular weight is 675 g/mol. The van der Waals surface area contributed by atoms with Gasteiger partial charge in [-0.3, -0.25) is 14.5 Å². The summed E-state index contributed by atoms with van der Waals surface area (Å²) in [6, 6.07) is 0. The highest BCUT2D eigenvalue weighted by Gasteiger charge is 2.84. The van der Waals surface area contributed by atoms with Crippen LogP contribution in [0.2, 0.25) is 0 Å². The SMILES string of the molecule is CC(=O)O[C@@H]([C@H]1C[C@@H](C)[C@H]2[C@H](O1)[C@H](O)[C@@]1(C)[C@@H]3CC[C@H]4C(C)(C)[C@@H](O[C@H]5CN(CC(N)=O)CCO5)CC[C@@]45C[C@@]35CC[C@]21C)C(C)(C)O. The van der Waals surface area contributed by atoms with Crippen molar-refractivity contribution in [1.82, 2.24) is 4.90 Å². The minimum atomic E-state index is -1.27. The summed E-state index contributed by atoms with van der Waals surface area (Å²) >= 11 is 0. The van der Waals surface area contributed by atoms with E-state index in [1.165, 1.54) is 19.8 Å². The van der Waals surface area contributed by atoms with Gasteiger partial charge in [0.2, 0.25) is 5.91 Å². The number of esters is 1. The number of fused-ring (bicyclic) bond motifs is 4. The van der Waals surface area contributed by atoms with Crippen LogP contribution in [0.4, 0.5) is 0 Å². The highest BCUT2D eigenvalue weighted by molar-refractivity contribution is 5.75. The van der Waals surface area contributed by atoms with Gasteiger partial charge in [0.15, 0.2) is 12.4 Å². The van der Waals surface area contributed by atoms with Crippen LogP contribution in [0, 0.1) is 50.7 Å². The first-order valence-electron chi connectivity index (χ1n) is 18.8. The molecule has 5 aliphatic carbocycles.